The summed E-state index contributed by atoms with van der Waals surface area (Å²) < 4.78 is 12.7. The maximum atomic E-state index is 12.7. The highest BCUT2D eigenvalue weighted by atomic mass is 32.2. The maximum Gasteiger partial charge on any atom is 0.127 e. The minimum atomic E-state index is -0.221. The van der Waals surface area contributed by atoms with Crippen molar-refractivity contribution in [3.63, 3.8) is 0 Å². The van der Waals surface area contributed by atoms with Gasteiger partial charge in [-0.2, -0.15) is 0 Å². The normalized spacial score (nSPS) is 10.1. The zero-order valence-corrected chi connectivity index (χ0v) is 9.59. The van der Waals surface area contributed by atoms with Crippen molar-refractivity contribution in [1.29, 1.82) is 0 Å². The van der Waals surface area contributed by atoms with Crippen LogP contribution in [-0.2, 0) is 0 Å². The van der Waals surface area contributed by atoms with E-state index in [1.165, 1.54) is 23.9 Å². The van der Waals surface area contributed by atoms with Gasteiger partial charge in [-0.25, -0.2) is 9.37 Å². The van der Waals surface area contributed by atoms with Crippen LogP contribution in [-0.4, -0.2) is 12.0 Å². The highest BCUT2D eigenvalue weighted by Gasteiger charge is 2.00. The maximum absolute atomic E-state index is 12.7. The van der Waals surface area contributed by atoms with Crippen molar-refractivity contribution in [3.8, 4) is 0 Å². The van der Waals surface area contributed by atoms with Gasteiger partial charge in [-0.05, 0) is 36.4 Å². The number of nitrogens with zero attached hydrogens (tertiary/aromatic N) is 1. The predicted molar refractivity (Wildman–Crippen MR) is 64.3 cm³/mol. The summed E-state index contributed by atoms with van der Waals surface area (Å²) in [6.45, 7) is 0. The number of benzene rings is 1. The van der Waals surface area contributed by atoms with Crippen LogP contribution in [0.4, 0.5) is 10.2 Å². The molecule has 0 saturated carbocycles. The molecule has 2 rings (SSSR count). The number of pyridine rings is 1. The molecule has 2 nitrogen and oxygen atoms in total. The van der Waals surface area contributed by atoms with Crippen LogP contribution in [0.2, 0.25) is 0 Å². The zero-order valence-electron chi connectivity index (χ0n) is 8.77. The molecular formula is C12H11FN2S. The summed E-state index contributed by atoms with van der Waals surface area (Å²) >= 11 is 1.51. The Morgan fingerprint density at radius 2 is 1.88 bits per heavy atom. The molecule has 0 saturated heterocycles. The Labute approximate surface area is 97.9 Å². The Kier molecular flexibility index (Phi) is 3.41. The molecular weight excluding hydrogens is 223 g/mol. The zero-order chi connectivity index (χ0) is 11.4. The van der Waals surface area contributed by atoms with E-state index >= 15 is 0 Å². The largest absolute Gasteiger partial charge is 0.373 e. The molecule has 1 heterocycles. The lowest BCUT2D eigenvalue weighted by atomic mass is 10.4. The molecule has 1 aromatic carbocycles. The Morgan fingerprint density at radius 3 is 2.56 bits per heavy atom. The number of hydrogen-bond donors (Lipinski definition) is 1. The third-order valence-electron chi connectivity index (χ3n) is 2.02. The lowest BCUT2D eigenvalue weighted by molar-refractivity contribution is 0.626. The summed E-state index contributed by atoms with van der Waals surface area (Å²) in [5.74, 6) is 0.605. The predicted octanol–water partition coefficient (Wildman–Crippen LogP) is 3.41. The third kappa shape index (κ3) is 2.73. The van der Waals surface area contributed by atoms with E-state index in [1.54, 1.807) is 12.1 Å². The second kappa shape index (κ2) is 4.99. The summed E-state index contributed by atoms with van der Waals surface area (Å²) in [7, 11) is 1.83. The van der Waals surface area contributed by atoms with Crippen LogP contribution in [0.1, 0.15) is 0 Å². The van der Waals surface area contributed by atoms with E-state index in [-0.39, 0.29) is 5.82 Å². The number of nitrogens with one attached hydrogen (secondary N) is 1. The minimum absolute atomic E-state index is 0.221. The number of aromatic nitrogens is 1. The Morgan fingerprint density at radius 1 is 1.12 bits per heavy atom. The fourth-order valence-corrected chi connectivity index (χ4v) is 2.04. The monoisotopic (exact) mass is 234 g/mol. The molecule has 0 aliphatic carbocycles. The molecule has 2 aromatic rings. The SMILES string of the molecule is CNc1cccc(Sc2ccc(F)cc2)n1. The van der Waals surface area contributed by atoms with Crippen molar-refractivity contribution in [2.75, 3.05) is 12.4 Å². The summed E-state index contributed by atoms with van der Waals surface area (Å²) in [5.41, 5.74) is 0. The van der Waals surface area contributed by atoms with Crippen molar-refractivity contribution in [3.05, 3.63) is 48.3 Å². The van der Waals surface area contributed by atoms with Gasteiger partial charge in [0.25, 0.3) is 0 Å². The van der Waals surface area contributed by atoms with Crippen LogP contribution >= 0.6 is 11.8 Å². The average molecular weight is 234 g/mol. The van der Waals surface area contributed by atoms with E-state index in [1.807, 2.05) is 25.2 Å². The van der Waals surface area contributed by atoms with Gasteiger partial charge in [-0.1, -0.05) is 17.8 Å². The molecule has 82 valence electrons. The van der Waals surface area contributed by atoms with Gasteiger partial charge in [0, 0.05) is 11.9 Å². The molecule has 0 bridgehead atoms. The summed E-state index contributed by atoms with van der Waals surface area (Å²) in [6.07, 6.45) is 0. The standard InChI is InChI=1S/C12H11FN2S/c1-14-11-3-2-4-12(15-11)16-10-7-5-9(13)6-8-10/h2-8H,1H3,(H,14,15). The molecule has 0 unspecified atom stereocenters. The van der Waals surface area contributed by atoms with Gasteiger partial charge >= 0.3 is 0 Å². The molecule has 1 N–H and O–H groups in total. The van der Waals surface area contributed by atoms with Gasteiger partial charge in [0.05, 0.1) is 0 Å². The molecule has 1 aromatic heterocycles. The Bertz CT molecular complexity index is 471. The fourth-order valence-electron chi connectivity index (χ4n) is 1.23. The van der Waals surface area contributed by atoms with Crippen LogP contribution in [0.25, 0.3) is 0 Å². The number of rotatable bonds is 3. The minimum Gasteiger partial charge on any atom is -0.373 e. The van der Waals surface area contributed by atoms with Gasteiger partial charge in [0.2, 0.25) is 0 Å². The number of anilines is 1. The van der Waals surface area contributed by atoms with Crippen molar-refractivity contribution in [2.24, 2.45) is 0 Å². The van der Waals surface area contributed by atoms with E-state index in [2.05, 4.69) is 10.3 Å². The molecule has 0 radical (unpaired) electrons. The topological polar surface area (TPSA) is 24.9 Å². The van der Waals surface area contributed by atoms with Gasteiger partial charge < -0.3 is 5.32 Å². The highest BCUT2D eigenvalue weighted by Crippen LogP contribution is 2.26. The van der Waals surface area contributed by atoms with Gasteiger partial charge in [0.15, 0.2) is 0 Å². The summed E-state index contributed by atoms with van der Waals surface area (Å²) in [6, 6.07) is 12.1. The first kappa shape index (κ1) is 11.0. The van der Waals surface area contributed by atoms with E-state index in [9.17, 15) is 4.39 Å². The lowest BCUT2D eigenvalue weighted by Crippen LogP contribution is -1.91. The highest BCUT2D eigenvalue weighted by molar-refractivity contribution is 7.99. The van der Waals surface area contributed by atoms with Gasteiger partial charge in [0.1, 0.15) is 16.7 Å². The second-order valence-corrected chi connectivity index (χ2v) is 4.26. The van der Waals surface area contributed by atoms with E-state index in [0.29, 0.717) is 0 Å². The van der Waals surface area contributed by atoms with Gasteiger partial charge in [-0.15, -0.1) is 0 Å². The van der Waals surface area contributed by atoms with Crippen LogP contribution in [0.3, 0.4) is 0 Å². The first-order valence-corrected chi connectivity index (χ1v) is 5.68. The van der Waals surface area contributed by atoms with E-state index < -0.39 is 0 Å². The quantitative estimate of drug-likeness (QED) is 0.881. The Hall–Kier alpha value is -1.55. The molecule has 16 heavy (non-hydrogen) atoms. The molecule has 0 spiro atoms. The van der Waals surface area contributed by atoms with Crippen LogP contribution in [0.5, 0.6) is 0 Å². The molecule has 0 fully saturated rings. The lowest BCUT2D eigenvalue weighted by Gasteiger charge is -2.03. The van der Waals surface area contributed by atoms with Crippen LogP contribution in [0, 0.1) is 5.82 Å². The van der Waals surface area contributed by atoms with Crippen molar-refractivity contribution in [1.82, 2.24) is 4.98 Å². The van der Waals surface area contributed by atoms with E-state index in [4.69, 9.17) is 0 Å². The Balaban J connectivity index is 2.16. The number of hydrogen-bond acceptors (Lipinski definition) is 3. The molecule has 4 heteroatoms. The van der Waals surface area contributed by atoms with Crippen LogP contribution < -0.4 is 5.32 Å². The number of halogens is 1. The molecule has 0 aliphatic heterocycles. The second-order valence-electron chi connectivity index (χ2n) is 3.17. The smallest absolute Gasteiger partial charge is 0.127 e. The third-order valence-corrected chi connectivity index (χ3v) is 2.96. The molecule has 0 aliphatic rings. The first-order valence-electron chi connectivity index (χ1n) is 4.86. The molecule has 0 atom stereocenters. The van der Waals surface area contributed by atoms with E-state index in [0.717, 1.165) is 15.7 Å². The summed E-state index contributed by atoms with van der Waals surface area (Å²) in [4.78, 5) is 5.34. The fraction of sp³-hybridized carbons (Fsp3) is 0.0833. The van der Waals surface area contributed by atoms with Crippen molar-refractivity contribution >= 4 is 17.6 Å². The summed E-state index contributed by atoms with van der Waals surface area (Å²) in [5, 5.41) is 3.87. The van der Waals surface area contributed by atoms with Crippen molar-refractivity contribution < 1.29 is 4.39 Å². The average Bonchev–Trinajstić information content (AvgIpc) is 2.32. The van der Waals surface area contributed by atoms with Gasteiger partial charge in [-0.3, -0.25) is 0 Å². The van der Waals surface area contributed by atoms with Crippen LogP contribution in [0.15, 0.2) is 52.4 Å². The van der Waals surface area contributed by atoms with Crippen molar-refractivity contribution in [2.45, 2.75) is 9.92 Å². The first-order chi connectivity index (χ1) is 7.78. The molecule has 0 amide bonds.